The van der Waals surface area contributed by atoms with Crippen LogP contribution in [0.5, 0.6) is 0 Å². The molecule has 0 aromatic heterocycles. The second-order valence-electron chi connectivity index (χ2n) is 4.84. The van der Waals surface area contributed by atoms with Gasteiger partial charge in [0, 0.05) is 6.54 Å². The van der Waals surface area contributed by atoms with Gasteiger partial charge < -0.3 is 5.32 Å². The molecule has 0 saturated carbocycles. The quantitative estimate of drug-likeness (QED) is 0.825. The Balaban J connectivity index is 2.17. The van der Waals surface area contributed by atoms with Gasteiger partial charge in [0.2, 0.25) is 10.0 Å². The largest absolute Gasteiger partial charge is 0.319 e. The number of benzene rings is 2. The summed E-state index contributed by atoms with van der Waals surface area (Å²) >= 11 is 0. The number of anilines is 1. The Hall–Kier alpha value is -1.85. The highest BCUT2D eigenvalue weighted by atomic mass is 32.2. The lowest BCUT2D eigenvalue weighted by atomic mass is 10.0. The Morgan fingerprint density at radius 3 is 2.33 bits per heavy atom. The van der Waals surface area contributed by atoms with Crippen LogP contribution in [0.3, 0.4) is 0 Å². The van der Waals surface area contributed by atoms with Crippen molar-refractivity contribution in [2.24, 2.45) is 0 Å². The Labute approximate surface area is 126 Å². The van der Waals surface area contributed by atoms with Crippen molar-refractivity contribution in [2.75, 3.05) is 24.1 Å². The Morgan fingerprint density at radius 2 is 1.62 bits per heavy atom. The zero-order valence-electron chi connectivity index (χ0n) is 12.0. The highest BCUT2D eigenvalue weighted by Crippen LogP contribution is 2.20. The van der Waals surface area contributed by atoms with Crippen molar-refractivity contribution < 1.29 is 8.42 Å². The van der Waals surface area contributed by atoms with E-state index >= 15 is 0 Å². The van der Waals surface area contributed by atoms with Crippen LogP contribution < -0.4 is 10.0 Å². The molecule has 0 amide bonds. The van der Waals surface area contributed by atoms with Gasteiger partial charge in [-0.2, -0.15) is 0 Å². The Kier molecular flexibility index (Phi) is 5.36. The number of sulfonamides is 1. The molecule has 5 heteroatoms. The summed E-state index contributed by atoms with van der Waals surface area (Å²) < 4.78 is 26.7. The number of para-hydroxylation sites is 1. The monoisotopic (exact) mass is 304 g/mol. The molecule has 21 heavy (non-hydrogen) atoms. The molecule has 2 aromatic rings. The molecule has 0 unspecified atom stereocenters. The first-order chi connectivity index (χ1) is 10.1. The second-order valence-corrected chi connectivity index (χ2v) is 6.69. The first-order valence-electron chi connectivity index (χ1n) is 6.87. The van der Waals surface area contributed by atoms with E-state index in [1.165, 1.54) is 0 Å². The number of nitrogens with one attached hydrogen (secondary N) is 2. The van der Waals surface area contributed by atoms with E-state index < -0.39 is 10.0 Å². The molecular formula is C16H20N2O2S. The van der Waals surface area contributed by atoms with Crippen molar-refractivity contribution >= 4 is 15.7 Å². The highest BCUT2D eigenvalue weighted by molar-refractivity contribution is 7.92. The van der Waals surface area contributed by atoms with Gasteiger partial charge in [-0.3, -0.25) is 4.72 Å². The normalized spacial score (nSPS) is 11.3. The average molecular weight is 304 g/mol. The third kappa shape index (κ3) is 4.88. The van der Waals surface area contributed by atoms with Gasteiger partial charge in [0.15, 0.2) is 0 Å². The van der Waals surface area contributed by atoms with Crippen LogP contribution in [-0.4, -0.2) is 27.8 Å². The highest BCUT2D eigenvalue weighted by Gasteiger charge is 2.12. The third-order valence-corrected chi connectivity index (χ3v) is 4.41. The Morgan fingerprint density at radius 1 is 0.952 bits per heavy atom. The van der Waals surface area contributed by atoms with Gasteiger partial charge in [0.1, 0.15) is 0 Å². The molecule has 0 saturated heterocycles. The molecule has 0 fully saturated rings. The molecule has 0 heterocycles. The third-order valence-electron chi connectivity index (χ3n) is 3.14. The maximum absolute atomic E-state index is 12.0. The lowest BCUT2D eigenvalue weighted by Crippen LogP contribution is -2.25. The fourth-order valence-electron chi connectivity index (χ4n) is 2.04. The summed E-state index contributed by atoms with van der Waals surface area (Å²) in [6.07, 6.45) is 0.700. The predicted molar refractivity (Wildman–Crippen MR) is 87.0 cm³/mol. The molecular weight excluding hydrogens is 284 g/mol. The number of rotatable bonds is 7. The number of hydrogen-bond donors (Lipinski definition) is 2. The van der Waals surface area contributed by atoms with E-state index in [9.17, 15) is 8.42 Å². The van der Waals surface area contributed by atoms with Gasteiger partial charge in [-0.1, -0.05) is 48.5 Å². The smallest absolute Gasteiger partial charge is 0.233 e. The van der Waals surface area contributed by atoms with Crippen LogP contribution in [0.1, 0.15) is 11.1 Å². The summed E-state index contributed by atoms with van der Waals surface area (Å²) in [4.78, 5) is 0. The maximum Gasteiger partial charge on any atom is 0.233 e. The fraction of sp³-hybridized carbons (Fsp3) is 0.250. The van der Waals surface area contributed by atoms with Crippen LogP contribution in [0.25, 0.3) is 0 Å². The zero-order valence-corrected chi connectivity index (χ0v) is 12.9. The molecule has 0 bridgehead atoms. The molecule has 2 rings (SSSR count). The molecule has 2 aromatic carbocycles. The van der Waals surface area contributed by atoms with Crippen LogP contribution in [-0.2, 0) is 16.4 Å². The molecule has 0 aliphatic rings. The maximum atomic E-state index is 12.0. The summed E-state index contributed by atoms with van der Waals surface area (Å²) in [5.41, 5.74) is 2.77. The molecule has 0 spiro atoms. The summed E-state index contributed by atoms with van der Waals surface area (Å²) in [6.45, 7) is 0.427. The molecule has 112 valence electrons. The van der Waals surface area contributed by atoms with Crippen molar-refractivity contribution in [1.29, 1.82) is 0 Å². The molecule has 0 aliphatic heterocycles. The van der Waals surface area contributed by atoms with E-state index in [0.717, 1.165) is 11.1 Å². The SMILES string of the molecule is CNCCS(=O)(=O)Nc1ccccc1Cc1ccccc1. The van der Waals surface area contributed by atoms with E-state index in [4.69, 9.17) is 0 Å². The van der Waals surface area contributed by atoms with E-state index in [-0.39, 0.29) is 5.75 Å². The average Bonchev–Trinajstić information content (AvgIpc) is 2.48. The minimum Gasteiger partial charge on any atom is -0.319 e. The summed E-state index contributed by atoms with van der Waals surface area (Å²) in [7, 11) is -1.59. The van der Waals surface area contributed by atoms with Gasteiger partial charge >= 0.3 is 0 Å². The first kappa shape index (κ1) is 15.5. The van der Waals surface area contributed by atoms with Crippen LogP contribution in [0.15, 0.2) is 54.6 Å². The van der Waals surface area contributed by atoms with Crippen LogP contribution in [0.2, 0.25) is 0 Å². The fourth-order valence-corrected chi connectivity index (χ4v) is 3.15. The zero-order chi connectivity index (χ0) is 15.1. The molecule has 4 nitrogen and oxygen atoms in total. The van der Waals surface area contributed by atoms with Gasteiger partial charge in [0.05, 0.1) is 11.4 Å². The molecule has 0 radical (unpaired) electrons. The first-order valence-corrected chi connectivity index (χ1v) is 8.53. The summed E-state index contributed by atoms with van der Waals surface area (Å²) in [5, 5.41) is 2.84. The van der Waals surface area contributed by atoms with E-state index in [1.807, 2.05) is 48.5 Å². The van der Waals surface area contributed by atoms with E-state index in [2.05, 4.69) is 10.0 Å². The van der Waals surface area contributed by atoms with Crippen molar-refractivity contribution in [1.82, 2.24) is 5.32 Å². The van der Waals surface area contributed by atoms with Crippen molar-refractivity contribution in [2.45, 2.75) is 6.42 Å². The summed E-state index contributed by atoms with van der Waals surface area (Å²) in [5.74, 6) is 0.0587. The number of hydrogen-bond acceptors (Lipinski definition) is 3. The van der Waals surface area contributed by atoms with E-state index in [1.54, 1.807) is 13.1 Å². The predicted octanol–water partition coefficient (Wildman–Crippen LogP) is 2.24. The van der Waals surface area contributed by atoms with Crippen LogP contribution in [0.4, 0.5) is 5.69 Å². The molecule has 0 aliphatic carbocycles. The lowest BCUT2D eigenvalue weighted by molar-refractivity contribution is 0.598. The van der Waals surface area contributed by atoms with Crippen LogP contribution >= 0.6 is 0 Å². The minimum absolute atomic E-state index is 0.0587. The lowest BCUT2D eigenvalue weighted by Gasteiger charge is -2.12. The van der Waals surface area contributed by atoms with Gasteiger partial charge in [0.25, 0.3) is 0 Å². The van der Waals surface area contributed by atoms with Gasteiger partial charge in [-0.25, -0.2) is 8.42 Å². The van der Waals surface area contributed by atoms with E-state index in [0.29, 0.717) is 18.7 Å². The van der Waals surface area contributed by atoms with Crippen molar-refractivity contribution in [3.63, 3.8) is 0 Å². The van der Waals surface area contributed by atoms with Crippen LogP contribution in [0, 0.1) is 0 Å². The van der Waals surface area contributed by atoms with Crippen molar-refractivity contribution in [3.8, 4) is 0 Å². The second kappa shape index (κ2) is 7.24. The van der Waals surface area contributed by atoms with Crippen molar-refractivity contribution in [3.05, 3.63) is 65.7 Å². The molecule has 2 N–H and O–H groups in total. The topological polar surface area (TPSA) is 58.2 Å². The molecule has 0 atom stereocenters. The van der Waals surface area contributed by atoms with Gasteiger partial charge in [-0.15, -0.1) is 0 Å². The van der Waals surface area contributed by atoms with Gasteiger partial charge in [-0.05, 0) is 30.7 Å². The minimum atomic E-state index is -3.32. The Bertz CT molecular complexity index is 670. The standard InChI is InChI=1S/C16H20N2O2S/c1-17-11-12-21(19,20)18-16-10-6-5-9-15(16)13-14-7-3-2-4-8-14/h2-10,17-18H,11-13H2,1H3. The summed E-state index contributed by atoms with van der Waals surface area (Å²) in [6, 6.07) is 17.5.